The predicted octanol–water partition coefficient (Wildman–Crippen LogP) is 2.04. The van der Waals surface area contributed by atoms with E-state index in [1.165, 1.54) is 12.8 Å². The molecule has 2 fully saturated rings. The second kappa shape index (κ2) is 4.59. The van der Waals surface area contributed by atoms with Gasteiger partial charge in [0.1, 0.15) is 5.82 Å². The van der Waals surface area contributed by atoms with E-state index in [4.69, 9.17) is 4.74 Å². The van der Waals surface area contributed by atoms with Crippen LogP contribution in [0.15, 0.2) is 24.3 Å². The number of nitrogens with one attached hydrogen (secondary N) is 1. The fourth-order valence-electron chi connectivity index (χ4n) is 3.20. The van der Waals surface area contributed by atoms with Gasteiger partial charge in [-0.3, -0.25) is 0 Å². The summed E-state index contributed by atoms with van der Waals surface area (Å²) in [4.78, 5) is 11.6. The number of hydrogen-bond donors (Lipinski definition) is 1. The number of para-hydroxylation sites is 1. The number of fused-ring (bicyclic) bond motifs is 3. The number of rotatable bonds is 2. The second-order valence-corrected chi connectivity index (χ2v) is 5.50. The number of ether oxygens (including phenoxy) is 1. The number of anilines is 2. The van der Waals surface area contributed by atoms with Crippen molar-refractivity contribution < 1.29 is 4.74 Å². The van der Waals surface area contributed by atoms with E-state index in [9.17, 15) is 0 Å². The van der Waals surface area contributed by atoms with Crippen molar-refractivity contribution in [3.8, 4) is 0 Å². The third kappa shape index (κ3) is 1.89. The summed E-state index contributed by atoms with van der Waals surface area (Å²) in [6.45, 7) is 1.86. The lowest BCUT2D eigenvalue weighted by Gasteiger charge is -2.33. The monoisotopic (exact) mass is 270 g/mol. The largest absolute Gasteiger partial charge is 0.371 e. The summed E-state index contributed by atoms with van der Waals surface area (Å²) in [5.41, 5.74) is 0.987. The highest BCUT2D eigenvalue weighted by atomic mass is 16.5. The maximum atomic E-state index is 5.92. The molecule has 0 spiro atoms. The standard InChI is InChI=1S/C15H18N4O/c1-16-15-17-13-5-3-2-4-12(13)14(18-15)19-8-10-6-7-11(9-19)20-10/h2-5,10-11H,6-9H2,1H3,(H,16,17,18). The van der Waals surface area contributed by atoms with E-state index in [1.54, 1.807) is 0 Å². The molecular weight excluding hydrogens is 252 g/mol. The molecule has 2 bridgehead atoms. The van der Waals surface area contributed by atoms with Gasteiger partial charge in [-0.05, 0) is 25.0 Å². The molecule has 1 N–H and O–H groups in total. The molecule has 3 heterocycles. The lowest BCUT2D eigenvalue weighted by atomic mass is 10.2. The Bertz CT molecular complexity index is 633. The molecule has 2 aromatic rings. The van der Waals surface area contributed by atoms with Crippen molar-refractivity contribution in [2.24, 2.45) is 0 Å². The van der Waals surface area contributed by atoms with Gasteiger partial charge in [0.15, 0.2) is 0 Å². The highest BCUT2D eigenvalue weighted by Crippen LogP contribution is 2.32. The van der Waals surface area contributed by atoms with Gasteiger partial charge < -0.3 is 15.0 Å². The van der Waals surface area contributed by atoms with E-state index in [1.807, 2.05) is 25.2 Å². The smallest absolute Gasteiger partial charge is 0.224 e. The van der Waals surface area contributed by atoms with Gasteiger partial charge in [-0.15, -0.1) is 0 Å². The van der Waals surface area contributed by atoms with Gasteiger partial charge in [-0.1, -0.05) is 12.1 Å². The number of benzene rings is 1. The summed E-state index contributed by atoms with van der Waals surface area (Å²) in [5.74, 6) is 1.71. The minimum atomic E-state index is 0.362. The van der Waals surface area contributed by atoms with Crippen molar-refractivity contribution in [1.29, 1.82) is 0 Å². The van der Waals surface area contributed by atoms with Crippen LogP contribution in [0.1, 0.15) is 12.8 Å². The van der Waals surface area contributed by atoms with Gasteiger partial charge in [-0.2, -0.15) is 4.98 Å². The quantitative estimate of drug-likeness (QED) is 0.905. The Morgan fingerprint density at radius 1 is 1.15 bits per heavy atom. The molecule has 2 aliphatic rings. The number of nitrogens with zero attached hydrogens (tertiary/aromatic N) is 3. The first-order valence-electron chi connectivity index (χ1n) is 7.18. The molecule has 5 heteroatoms. The van der Waals surface area contributed by atoms with Gasteiger partial charge in [0.05, 0.1) is 17.7 Å². The summed E-state index contributed by atoms with van der Waals surface area (Å²) in [7, 11) is 1.86. The summed E-state index contributed by atoms with van der Waals surface area (Å²) in [5, 5.41) is 4.17. The summed E-state index contributed by atoms with van der Waals surface area (Å²) in [6, 6.07) is 8.20. The van der Waals surface area contributed by atoms with Gasteiger partial charge in [0.25, 0.3) is 0 Å². The fraction of sp³-hybridized carbons (Fsp3) is 0.467. The van der Waals surface area contributed by atoms with E-state index < -0.39 is 0 Å². The zero-order valence-electron chi connectivity index (χ0n) is 11.5. The predicted molar refractivity (Wildman–Crippen MR) is 79.2 cm³/mol. The maximum absolute atomic E-state index is 5.92. The van der Waals surface area contributed by atoms with Crippen molar-refractivity contribution in [1.82, 2.24) is 9.97 Å². The van der Waals surface area contributed by atoms with Crippen LogP contribution < -0.4 is 10.2 Å². The van der Waals surface area contributed by atoms with E-state index in [-0.39, 0.29) is 0 Å². The number of aromatic nitrogens is 2. The zero-order chi connectivity index (χ0) is 13.5. The van der Waals surface area contributed by atoms with Crippen molar-refractivity contribution in [3.63, 3.8) is 0 Å². The van der Waals surface area contributed by atoms with Crippen LogP contribution in [0.4, 0.5) is 11.8 Å². The van der Waals surface area contributed by atoms with Crippen LogP contribution in [0, 0.1) is 0 Å². The first kappa shape index (κ1) is 11.9. The fourth-order valence-corrected chi connectivity index (χ4v) is 3.20. The Labute approximate surface area is 118 Å². The Hall–Kier alpha value is -1.88. The molecule has 5 nitrogen and oxygen atoms in total. The number of morpholine rings is 1. The molecule has 0 aliphatic carbocycles. The summed E-state index contributed by atoms with van der Waals surface area (Å²) in [6.07, 6.45) is 3.06. The molecule has 2 saturated heterocycles. The van der Waals surface area contributed by atoms with Crippen LogP contribution in [0.2, 0.25) is 0 Å². The van der Waals surface area contributed by atoms with Crippen molar-refractivity contribution >= 4 is 22.7 Å². The van der Waals surface area contributed by atoms with Crippen molar-refractivity contribution in [2.45, 2.75) is 25.0 Å². The molecule has 1 aromatic carbocycles. The van der Waals surface area contributed by atoms with Crippen LogP contribution >= 0.6 is 0 Å². The third-order valence-electron chi connectivity index (χ3n) is 4.15. The molecular formula is C15H18N4O. The zero-order valence-corrected chi connectivity index (χ0v) is 11.5. The molecule has 4 rings (SSSR count). The van der Waals surface area contributed by atoms with E-state index >= 15 is 0 Å². The van der Waals surface area contributed by atoms with Crippen LogP contribution in [0.5, 0.6) is 0 Å². The molecule has 2 atom stereocenters. The highest BCUT2D eigenvalue weighted by molar-refractivity contribution is 5.90. The topological polar surface area (TPSA) is 50.3 Å². The summed E-state index contributed by atoms with van der Waals surface area (Å²) < 4.78 is 5.92. The Kier molecular flexibility index (Phi) is 2.73. The van der Waals surface area contributed by atoms with E-state index in [2.05, 4.69) is 26.3 Å². The number of hydrogen-bond acceptors (Lipinski definition) is 5. The van der Waals surface area contributed by atoms with Crippen molar-refractivity contribution in [2.75, 3.05) is 30.4 Å². The molecule has 0 saturated carbocycles. The maximum Gasteiger partial charge on any atom is 0.224 e. The molecule has 0 radical (unpaired) electrons. The highest BCUT2D eigenvalue weighted by Gasteiger charge is 2.34. The SMILES string of the molecule is CNc1nc(N2CC3CCC(C2)O3)c2ccccc2n1. The summed E-state index contributed by atoms with van der Waals surface area (Å²) >= 11 is 0. The molecule has 0 amide bonds. The Balaban J connectivity index is 1.81. The molecule has 2 aliphatic heterocycles. The Morgan fingerprint density at radius 3 is 2.65 bits per heavy atom. The van der Waals surface area contributed by atoms with Crippen molar-refractivity contribution in [3.05, 3.63) is 24.3 Å². The van der Waals surface area contributed by atoms with Gasteiger partial charge in [0.2, 0.25) is 5.95 Å². The lowest BCUT2D eigenvalue weighted by Crippen LogP contribution is -2.43. The average molecular weight is 270 g/mol. The van der Waals surface area contributed by atoms with Gasteiger partial charge >= 0.3 is 0 Å². The molecule has 2 unspecified atom stereocenters. The van der Waals surface area contributed by atoms with Crippen LogP contribution in [0.3, 0.4) is 0 Å². The van der Waals surface area contributed by atoms with Gasteiger partial charge in [-0.25, -0.2) is 4.98 Å². The van der Waals surface area contributed by atoms with Crippen LogP contribution in [-0.4, -0.2) is 42.3 Å². The average Bonchev–Trinajstić information content (AvgIpc) is 2.84. The lowest BCUT2D eigenvalue weighted by molar-refractivity contribution is 0.0303. The molecule has 1 aromatic heterocycles. The van der Waals surface area contributed by atoms with Crippen LogP contribution in [-0.2, 0) is 4.74 Å². The first-order chi connectivity index (χ1) is 9.83. The normalized spacial score (nSPS) is 25.1. The van der Waals surface area contributed by atoms with Gasteiger partial charge in [0, 0.05) is 25.5 Å². The molecule has 104 valence electrons. The van der Waals surface area contributed by atoms with E-state index in [0.29, 0.717) is 18.2 Å². The van der Waals surface area contributed by atoms with Crippen LogP contribution in [0.25, 0.3) is 10.9 Å². The minimum absolute atomic E-state index is 0.362. The van der Waals surface area contributed by atoms with E-state index in [0.717, 1.165) is 29.8 Å². The Morgan fingerprint density at radius 2 is 1.90 bits per heavy atom. The minimum Gasteiger partial charge on any atom is -0.371 e. The third-order valence-corrected chi connectivity index (χ3v) is 4.15. The second-order valence-electron chi connectivity index (χ2n) is 5.50. The first-order valence-corrected chi connectivity index (χ1v) is 7.18. The molecule has 20 heavy (non-hydrogen) atoms.